The maximum absolute atomic E-state index is 11.0. The molecule has 1 fully saturated rings. The van der Waals surface area contributed by atoms with E-state index >= 15 is 0 Å². The van der Waals surface area contributed by atoms with E-state index in [0.717, 1.165) is 12.8 Å². The third-order valence-electron chi connectivity index (χ3n) is 1.92. The van der Waals surface area contributed by atoms with Crippen LogP contribution in [0.2, 0.25) is 0 Å². The number of aliphatic imine (C=N–C) groups is 2. The topological polar surface area (TPSA) is 120 Å². The minimum atomic E-state index is -0.682. The summed E-state index contributed by atoms with van der Waals surface area (Å²) in [4.78, 5) is 7.74. The molecule has 1 heterocycles. The normalized spacial score (nSPS) is 28.4. The van der Waals surface area contributed by atoms with E-state index in [1.165, 1.54) is 0 Å². The van der Waals surface area contributed by atoms with Crippen LogP contribution in [-0.2, 0) is 10.8 Å². The van der Waals surface area contributed by atoms with Gasteiger partial charge >= 0.3 is 0 Å². The molecule has 0 aromatic carbocycles. The zero-order chi connectivity index (χ0) is 10.6. The highest BCUT2D eigenvalue weighted by atomic mass is 32.2. The van der Waals surface area contributed by atoms with Gasteiger partial charge in [0.15, 0.2) is 5.96 Å². The molecule has 6 nitrogen and oxygen atoms in total. The van der Waals surface area contributed by atoms with E-state index in [4.69, 9.17) is 17.2 Å². The Morgan fingerprint density at radius 3 is 2.29 bits per heavy atom. The van der Waals surface area contributed by atoms with Crippen LogP contribution in [0.3, 0.4) is 0 Å². The molecule has 0 bridgehead atoms. The first-order valence-electron chi connectivity index (χ1n) is 4.36. The summed E-state index contributed by atoms with van der Waals surface area (Å²) in [5.41, 5.74) is 15.7. The van der Waals surface area contributed by atoms with E-state index in [1.54, 1.807) is 0 Å². The molecule has 0 spiro atoms. The van der Waals surface area contributed by atoms with Gasteiger partial charge in [0, 0.05) is 22.3 Å². The summed E-state index contributed by atoms with van der Waals surface area (Å²) in [5, 5.41) is 0. The number of nitrogens with zero attached hydrogens (tertiary/aromatic N) is 2. The number of nitrogens with two attached hydrogens (primary N) is 3. The van der Waals surface area contributed by atoms with Gasteiger partial charge in [-0.1, -0.05) is 0 Å². The van der Waals surface area contributed by atoms with Gasteiger partial charge in [-0.25, -0.2) is 4.99 Å². The largest absolute Gasteiger partial charge is 0.370 e. The van der Waals surface area contributed by atoms with Crippen LogP contribution in [0.15, 0.2) is 9.98 Å². The van der Waals surface area contributed by atoms with E-state index in [0.29, 0.717) is 11.5 Å². The number of hydrogen-bond acceptors (Lipinski definition) is 2. The Labute approximate surface area is 85.1 Å². The molecule has 1 aliphatic rings. The highest BCUT2D eigenvalue weighted by molar-refractivity contribution is 7.85. The van der Waals surface area contributed by atoms with Gasteiger partial charge in [0.25, 0.3) is 0 Å². The molecular formula is C7H15N5OS. The smallest absolute Gasteiger partial charge is 0.218 e. The molecule has 1 saturated heterocycles. The van der Waals surface area contributed by atoms with Crippen LogP contribution in [0.4, 0.5) is 0 Å². The van der Waals surface area contributed by atoms with Crippen molar-refractivity contribution in [2.24, 2.45) is 27.2 Å². The van der Waals surface area contributed by atoms with Gasteiger partial charge in [-0.15, -0.1) is 0 Å². The second kappa shape index (κ2) is 4.94. The summed E-state index contributed by atoms with van der Waals surface area (Å²) in [7, 11) is -0.682. The lowest BCUT2D eigenvalue weighted by molar-refractivity contribution is 0.598. The van der Waals surface area contributed by atoms with Gasteiger partial charge < -0.3 is 17.2 Å². The Morgan fingerprint density at radius 1 is 1.21 bits per heavy atom. The molecule has 6 N–H and O–H groups in total. The van der Waals surface area contributed by atoms with Crippen LogP contribution in [0.25, 0.3) is 0 Å². The van der Waals surface area contributed by atoms with Crippen molar-refractivity contribution in [3.63, 3.8) is 0 Å². The fourth-order valence-electron chi connectivity index (χ4n) is 1.26. The van der Waals surface area contributed by atoms with Gasteiger partial charge in [0.05, 0.1) is 6.04 Å². The predicted octanol–water partition coefficient (Wildman–Crippen LogP) is -1.51. The van der Waals surface area contributed by atoms with Gasteiger partial charge in [0.2, 0.25) is 5.96 Å². The molecule has 1 rings (SSSR count). The van der Waals surface area contributed by atoms with E-state index in [-0.39, 0.29) is 18.0 Å². The van der Waals surface area contributed by atoms with Crippen molar-refractivity contribution in [3.8, 4) is 0 Å². The van der Waals surface area contributed by atoms with Gasteiger partial charge in [-0.3, -0.25) is 4.21 Å². The molecule has 0 aromatic heterocycles. The molecule has 7 heteroatoms. The molecule has 0 unspecified atom stereocenters. The average Bonchev–Trinajstić information content (AvgIpc) is 2.07. The summed E-state index contributed by atoms with van der Waals surface area (Å²) >= 11 is 0. The van der Waals surface area contributed by atoms with Crippen molar-refractivity contribution < 1.29 is 4.21 Å². The van der Waals surface area contributed by atoms with Crippen LogP contribution in [0.5, 0.6) is 0 Å². The Hall–Kier alpha value is -1.11. The number of guanidine groups is 2. The van der Waals surface area contributed by atoms with Gasteiger partial charge in [-0.2, -0.15) is 4.99 Å². The van der Waals surface area contributed by atoms with Crippen LogP contribution in [0.1, 0.15) is 12.8 Å². The Balaban J connectivity index is 2.51. The second-order valence-electron chi connectivity index (χ2n) is 3.10. The van der Waals surface area contributed by atoms with Crippen LogP contribution < -0.4 is 17.2 Å². The highest BCUT2D eigenvalue weighted by Gasteiger charge is 2.16. The summed E-state index contributed by atoms with van der Waals surface area (Å²) in [6, 6.07) is 0.107. The zero-order valence-electron chi connectivity index (χ0n) is 7.85. The van der Waals surface area contributed by atoms with E-state index in [9.17, 15) is 4.21 Å². The molecule has 14 heavy (non-hydrogen) atoms. The van der Waals surface area contributed by atoms with Crippen LogP contribution >= 0.6 is 0 Å². The quantitative estimate of drug-likeness (QED) is 0.365. The van der Waals surface area contributed by atoms with Crippen LogP contribution in [-0.4, -0.2) is 33.7 Å². The van der Waals surface area contributed by atoms with Crippen molar-refractivity contribution in [1.29, 1.82) is 0 Å². The van der Waals surface area contributed by atoms with Crippen LogP contribution in [0, 0.1) is 0 Å². The van der Waals surface area contributed by atoms with Crippen molar-refractivity contribution in [3.05, 3.63) is 0 Å². The average molecular weight is 217 g/mol. The zero-order valence-corrected chi connectivity index (χ0v) is 8.67. The maximum atomic E-state index is 11.0. The first-order valence-corrected chi connectivity index (χ1v) is 5.84. The molecule has 0 saturated carbocycles. The maximum Gasteiger partial charge on any atom is 0.218 e. The first kappa shape index (κ1) is 11.0. The molecule has 1 aliphatic heterocycles. The summed E-state index contributed by atoms with van der Waals surface area (Å²) < 4.78 is 11.0. The Kier molecular flexibility index (Phi) is 3.87. The Morgan fingerprint density at radius 2 is 1.79 bits per heavy atom. The minimum absolute atomic E-state index is 0.0920. The third kappa shape index (κ3) is 3.73. The predicted molar refractivity (Wildman–Crippen MR) is 58.3 cm³/mol. The van der Waals surface area contributed by atoms with E-state index in [2.05, 4.69) is 9.98 Å². The number of rotatable bonds is 1. The highest BCUT2D eigenvalue weighted by Crippen LogP contribution is 2.12. The molecule has 0 atom stereocenters. The van der Waals surface area contributed by atoms with E-state index < -0.39 is 10.8 Å². The molecule has 80 valence electrons. The lowest BCUT2D eigenvalue weighted by Crippen LogP contribution is -2.28. The van der Waals surface area contributed by atoms with E-state index in [1.807, 2.05) is 0 Å². The van der Waals surface area contributed by atoms with Crippen molar-refractivity contribution in [2.45, 2.75) is 18.9 Å². The monoisotopic (exact) mass is 217 g/mol. The second-order valence-corrected chi connectivity index (χ2v) is 4.80. The summed E-state index contributed by atoms with van der Waals surface area (Å²) in [6.45, 7) is 0. The lowest BCUT2D eigenvalue weighted by atomic mass is 10.2. The molecule has 0 aromatic rings. The third-order valence-corrected chi connectivity index (χ3v) is 3.30. The molecule has 0 aliphatic carbocycles. The minimum Gasteiger partial charge on any atom is -0.370 e. The fraction of sp³-hybridized carbons (Fsp3) is 0.714. The lowest BCUT2D eigenvalue weighted by Gasteiger charge is -2.17. The summed E-state index contributed by atoms with van der Waals surface area (Å²) in [6.07, 6.45) is 1.57. The fourth-order valence-corrected chi connectivity index (χ4v) is 2.53. The molecular weight excluding hydrogens is 202 g/mol. The molecule has 0 radical (unpaired) electrons. The number of hydrogen-bond donors (Lipinski definition) is 3. The van der Waals surface area contributed by atoms with Gasteiger partial charge in [-0.05, 0) is 12.8 Å². The van der Waals surface area contributed by atoms with Crippen molar-refractivity contribution in [1.82, 2.24) is 0 Å². The van der Waals surface area contributed by atoms with Crippen molar-refractivity contribution in [2.75, 3.05) is 11.5 Å². The van der Waals surface area contributed by atoms with Gasteiger partial charge in [0.1, 0.15) is 0 Å². The standard InChI is InChI=1S/C7H15N5OS/c8-6(9)12-7(10)11-5-1-3-14(13)4-2-5/h5H,1-4H2,(H6,8,9,10,11,12). The molecule has 0 amide bonds. The first-order chi connectivity index (χ1) is 6.58. The van der Waals surface area contributed by atoms with Crippen molar-refractivity contribution >= 4 is 22.7 Å². The summed E-state index contributed by atoms with van der Waals surface area (Å²) in [5.74, 6) is 1.38. The Bertz CT molecular complexity index is 274. The SMILES string of the molecule is NC(N)=NC(N)=NC1CCS(=O)CC1.